The van der Waals surface area contributed by atoms with Crippen LogP contribution in [-0.4, -0.2) is 29.6 Å². The predicted molar refractivity (Wildman–Crippen MR) is 62.4 cm³/mol. The molecule has 0 radical (unpaired) electrons. The van der Waals surface area contributed by atoms with Crippen molar-refractivity contribution in [3.05, 3.63) is 0 Å². The van der Waals surface area contributed by atoms with Gasteiger partial charge in [0.25, 0.3) is 0 Å². The van der Waals surface area contributed by atoms with Gasteiger partial charge in [-0.25, -0.2) is 0 Å². The molecule has 0 spiro atoms. The summed E-state index contributed by atoms with van der Waals surface area (Å²) < 4.78 is 0. The number of likely N-dealkylation sites (tertiary alicyclic amines) is 1. The van der Waals surface area contributed by atoms with Crippen LogP contribution in [0.3, 0.4) is 0 Å². The molecule has 1 heterocycles. The first-order valence-corrected chi connectivity index (χ1v) is 6.19. The van der Waals surface area contributed by atoms with Gasteiger partial charge in [0.1, 0.15) is 0 Å². The number of hydrogen-bond donors (Lipinski definition) is 1. The topological polar surface area (TPSA) is 29.3 Å². The van der Waals surface area contributed by atoms with Gasteiger partial charge in [-0.15, -0.1) is 0 Å². The smallest absolute Gasteiger partial charge is 0.0202 e. The summed E-state index contributed by atoms with van der Waals surface area (Å²) in [7, 11) is 0. The van der Waals surface area contributed by atoms with Gasteiger partial charge in [0.15, 0.2) is 0 Å². The average molecular weight is 198 g/mol. The Morgan fingerprint density at radius 1 is 1.21 bits per heavy atom. The molecule has 1 aliphatic heterocycles. The van der Waals surface area contributed by atoms with E-state index in [9.17, 15) is 0 Å². The molecular formula is C12H26N2. The minimum atomic E-state index is 0.410. The first-order valence-electron chi connectivity index (χ1n) is 6.19. The highest BCUT2D eigenvalue weighted by Crippen LogP contribution is 2.30. The van der Waals surface area contributed by atoms with E-state index in [1.807, 2.05) is 0 Å². The molecule has 2 N–H and O–H groups in total. The molecule has 1 fully saturated rings. The van der Waals surface area contributed by atoms with Gasteiger partial charge in [-0.3, -0.25) is 4.90 Å². The summed E-state index contributed by atoms with van der Waals surface area (Å²) >= 11 is 0. The van der Waals surface area contributed by atoms with Crippen LogP contribution < -0.4 is 5.73 Å². The van der Waals surface area contributed by atoms with Crippen molar-refractivity contribution in [3.8, 4) is 0 Å². The fourth-order valence-electron chi connectivity index (χ4n) is 2.86. The van der Waals surface area contributed by atoms with Gasteiger partial charge >= 0.3 is 0 Å². The lowest BCUT2D eigenvalue weighted by molar-refractivity contribution is 0.0471. The standard InChI is InChI=1S/C12H26N2/c1-4-12(5-2,6-3)14-9-7-8-11(13)10-14/h11H,4-10,13H2,1-3H3. The Morgan fingerprint density at radius 2 is 1.79 bits per heavy atom. The third-order valence-electron chi connectivity index (χ3n) is 4.10. The van der Waals surface area contributed by atoms with Crippen molar-refractivity contribution in [2.45, 2.75) is 64.5 Å². The predicted octanol–water partition coefficient (Wildman–Crippen LogP) is 2.38. The zero-order valence-corrected chi connectivity index (χ0v) is 10.1. The molecule has 0 aromatic carbocycles. The minimum absolute atomic E-state index is 0.410. The zero-order valence-electron chi connectivity index (χ0n) is 10.1. The Labute approximate surface area is 88.8 Å². The Morgan fingerprint density at radius 3 is 2.21 bits per heavy atom. The fraction of sp³-hybridized carbons (Fsp3) is 1.00. The molecule has 84 valence electrons. The first-order chi connectivity index (χ1) is 6.68. The summed E-state index contributed by atoms with van der Waals surface area (Å²) in [4.78, 5) is 2.64. The minimum Gasteiger partial charge on any atom is -0.327 e. The van der Waals surface area contributed by atoms with E-state index in [1.54, 1.807) is 0 Å². The van der Waals surface area contributed by atoms with Gasteiger partial charge in [-0.1, -0.05) is 20.8 Å². The van der Waals surface area contributed by atoms with Gasteiger partial charge in [-0.05, 0) is 38.6 Å². The fourth-order valence-corrected chi connectivity index (χ4v) is 2.86. The number of hydrogen-bond acceptors (Lipinski definition) is 2. The van der Waals surface area contributed by atoms with Crippen molar-refractivity contribution in [3.63, 3.8) is 0 Å². The maximum Gasteiger partial charge on any atom is 0.0202 e. The van der Waals surface area contributed by atoms with E-state index in [-0.39, 0.29) is 0 Å². The van der Waals surface area contributed by atoms with Crippen LogP contribution in [0.15, 0.2) is 0 Å². The summed E-state index contributed by atoms with van der Waals surface area (Å²) in [5.74, 6) is 0. The van der Waals surface area contributed by atoms with Crippen molar-refractivity contribution in [2.24, 2.45) is 5.73 Å². The molecule has 1 unspecified atom stereocenters. The van der Waals surface area contributed by atoms with Gasteiger partial charge in [0.05, 0.1) is 0 Å². The maximum atomic E-state index is 6.04. The maximum absolute atomic E-state index is 6.04. The largest absolute Gasteiger partial charge is 0.327 e. The summed E-state index contributed by atoms with van der Waals surface area (Å²) in [5, 5.41) is 0. The number of rotatable bonds is 4. The molecule has 0 aliphatic carbocycles. The van der Waals surface area contributed by atoms with Crippen molar-refractivity contribution < 1.29 is 0 Å². The second-order valence-corrected chi connectivity index (χ2v) is 4.63. The van der Waals surface area contributed by atoms with Crippen LogP contribution in [0.1, 0.15) is 52.9 Å². The third kappa shape index (κ3) is 2.29. The van der Waals surface area contributed by atoms with Crippen LogP contribution in [-0.2, 0) is 0 Å². The zero-order chi connectivity index (χ0) is 10.6. The van der Waals surface area contributed by atoms with Crippen LogP contribution in [0.4, 0.5) is 0 Å². The molecule has 0 amide bonds. The Balaban J connectivity index is 2.66. The second kappa shape index (κ2) is 5.13. The molecule has 0 aromatic rings. The highest BCUT2D eigenvalue weighted by atomic mass is 15.2. The van der Waals surface area contributed by atoms with Crippen LogP contribution >= 0.6 is 0 Å². The number of piperidine rings is 1. The van der Waals surface area contributed by atoms with Gasteiger partial charge < -0.3 is 5.73 Å². The molecule has 14 heavy (non-hydrogen) atoms. The number of nitrogens with two attached hydrogens (primary N) is 1. The van der Waals surface area contributed by atoms with E-state index < -0.39 is 0 Å². The van der Waals surface area contributed by atoms with Gasteiger partial charge in [-0.2, -0.15) is 0 Å². The average Bonchev–Trinajstić information content (AvgIpc) is 2.22. The summed E-state index contributed by atoms with van der Waals surface area (Å²) in [6, 6.07) is 0.410. The van der Waals surface area contributed by atoms with Crippen LogP contribution in [0.2, 0.25) is 0 Å². The summed E-state index contributed by atoms with van der Waals surface area (Å²) in [6.07, 6.45) is 6.26. The molecule has 1 aliphatic rings. The van der Waals surface area contributed by atoms with E-state index in [4.69, 9.17) is 5.73 Å². The molecule has 1 saturated heterocycles. The highest BCUT2D eigenvalue weighted by molar-refractivity contribution is 4.91. The van der Waals surface area contributed by atoms with Gasteiger partial charge in [0, 0.05) is 18.1 Å². The normalized spacial score (nSPS) is 25.3. The SMILES string of the molecule is CCC(CC)(CC)N1CCCC(N)C1. The Kier molecular flexibility index (Phi) is 4.39. The summed E-state index contributed by atoms with van der Waals surface area (Å²) in [6.45, 7) is 9.30. The van der Waals surface area contributed by atoms with E-state index in [0.29, 0.717) is 11.6 Å². The van der Waals surface area contributed by atoms with Crippen molar-refractivity contribution in [1.82, 2.24) is 4.90 Å². The van der Waals surface area contributed by atoms with Crippen molar-refractivity contribution in [2.75, 3.05) is 13.1 Å². The van der Waals surface area contributed by atoms with E-state index in [2.05, 4.69) is 25.7 Å². The lowest BCUT2D eigenvalue weighted by Crippen LogP contribution is -2.54. The second-order valence-electron chi connectivity index (χ2n) is 4.63. The van der Waals surface area contributed by atoms with Crippen LogP contribution in [0.25, 0.3) is 0 Å². The molecular weight excluding hydrogens is 172 g/mol. The van der Waals surface area contributed by atoms with Crippen LogP contribution in [0.5, 0.6) is 0 Å². The van der Waals surface area contributed by atoms with Gasteiger partial charge in [0.2, 0.25) is 0 Å². The molecule has 0 aromatic heterocycles. The lowest BCUT2D eigenvalue weighted by atomic mass is 9.85. The molecule has 1 atom stereocenters. The molecule has 2 nitrogen and oxygen atoms in total. The van der Waals surface area contributed by atoms with E-state index in [1.165, 1.54) is 38.6 Å². The highest BCUT2D eigenvalue weighted by Gasteiger charge is 2.33. The Hall–Kier alpha value is -0.0800. The Bertz CT molecular complexity index is 155. The van der Waals surface area contributed by atoms with E-state index in [0.717, 1.165) is 6.54 Å². The molecule has 1 rings (SSSR count). The molecule has 0 bridgehead atoms. The third-order valence-corrected chi connectivity index (χ3v) is 4.10. The van der Waals surface area contributed by atoms with E-state index >= 15 is 0 Å². The van der Waals surface area contributed by atoms with Crippen molar-refractivity contribution in [1.29, 1.82) is 0 Å². The van der Waals surface area contributed by atoms with Crippen LogP contribution in [0, 0.1) is 0 Å². The lowest BCUT2D eigenvalue weighted by Gasteiger charge is -2.46. The first kappa shape index (κ1) is 12.0. The van der Waals surface area contributed by atoms with Crippen molar-refractivity contribution >= 4 is 0 Å². The number of nitrogens with zero attached hydrogens (tertiary/aromatic N) is 1. The molecule has 2 heteroatoms. The summed E-state index contributed by atoms with van der Waals surface area (Å²) in [5.41, 5.74) is 6.47. The monoisotopic (exact) mass is 198 g/mol. The molecule has 0 saturated carbocycles. The quantitative estimate of drug-likeness (QED) is 0.751.